The molecular formula is C15H14INO4S. The summed E-state index contributed by atoms with van der Waals surface area (Å²) in [7, 11) is -0.866. The van der Waals surface area contributed by atoms with E-state index in [4.69, 9.17) is 0 Å². The Kier molecular flexibility index (Phi) is 5.07. The molecule has 0 bridgehead atoms. The highest BCUT2D eigenvalue weighted by molar-refractivity contribution is 14.1. The molecule has 0 aliphatic carbocycles. The fourth-order valence-corrected chi connectivity index (χ4v) is 3.38. The van der Waals surface area contributed by atoms with E-state index in [0.29, 0.717) is 11.3 Å². The van der Waals surface area contributed by atoms with Crippen LogP contribution in [0.2, 0.25) is 0 Å². The van der Waals surface area contributed by atoms with Gasteiger partial charge in [0.25, 0.3) is 10.0 Å². The van der Waals surface area contributed by atoms with Crippen molar-refractivity contribution in [3.63, 3.8) is 0 Å². The quantitative estimate of drug-likeness (QED) is 0.552. The number of rotatable bonds is 4. The lowest BCUT2D eigenvalue weighted by molar-refractivity contribution is 0.0601. The zero-order chi connectivity index (χ0) is 16.3. The molecule has 0 amide bonds. The number of carbonyl (C=O) groups excluding carboxylic acids is 1. The van der Waals surface area contributed by atoms with Gasteiger partial charge in [-0.05, 0) is 71.1 Å². The topological polar surface area (TPSA) is 63.7 Å². The molecule has 0 unspecified atom stereocenters. The number of esters is 1. The monoisotopic (exact) mass is 431 g/mol. The number of benzene rings is 2. The first-order valence-corrected chi connectivity index (χ1v) is 8.81. The van der Waals surface area contributed by atoms with Crippen LogP contribution in [-0.4, -0.2) is 28.5 Å². The molecule has 0 spiro atoms. The van der Waals surface area contributed by atoms with E-state index in [1.165, 1.54) is 30.6 Å². The molecule has 0 aliphatic heterocycles. The first kappa shape index (κ1) is 16.8. The van der Waals surface area contributed by atoms with E-state index in [9.17, 15) is 13.2 Å². The van der Waals surface area contributed by atoms with Crippen LogP contribution in [0.15, 0.2) is 53.4 Å². The number of ether oxygens (including phenoxy) is 1. The second-order valence-electron chi connectivity index (χ2n) is 4.46. The highest BCUT2D eigenvalue weighted by atomic mass is 127. The number of hydrogen-bond acceptors (Lipinski definition) is 4. The maximum Gasteiger partial charge on any atom is 0.337 e. The standard InChI is InChI=1S/C15H14INO4S/c1-17(13-7-3-11(4-8-13)15(18)21-2)22(19,20)14-9-5-12(16)6-10-14/h3-10H,1-2H3. The zero-order valence-electron chi connectivity index (χ0n) is 12.0. The number of carbonyl (C=O) groups is 1. The second kappa shape index (κ2) is 6.66. The molecule has 0 saturated heterocycles. The van der Waals surface area contributed by atoms with Gasteiger partial charge in [0.2, 0.25) is 0 Å². The summed E-state index contributed by atoms with van der Waals surface area (Å²) in [5, 5.41) is 0. The Morgan fingerprint density at radius 1 is 1.05 bits per heavy atom. The van der Waals surface area contributed by atoms with Crippen molar-refractivity contribution >= 4 is 44.3 Å². The van der Waals surface area contributed by atoms with Crippen LogP contribution in [0.25, 0.3) is 0 Å². The summed E-state index contributed by atoms with van der Waals surface area (Å²) in [5.41, 5.74) is 0.831. The molecule has 0 N–H and O–H groups in total. The molecule has 0 aliphatic rings. The number of sulfonamides is 1. The maximum absolute atomic E-state index is 12.6. The average molecular weight is 431 g/mol. The molecule has 0 heterocycles. The lowest BCUT2D eigenvalue weighted by Gasteiger charge is -2.19. The van der Waals surface area contributed by atoms with Gasteiger partial charge in [0.15, 0.2) is 0 Å². The summed E-state index contributed by atoms with van der Waals surface area (Å²) < 4.78 is 31.9. The predicted octanol–water partition coefficient (Wildman–Crippen LogP) is 2.90. The summed E-state index contributed by atoms with van der Waals surface area (Å²) in [6.07, 6.45) is 0. The van der Waals surface area contributed by atoms with E-state index in [-0.39, 0.29) is 4.90 Å². The molecule has 7 heteroatoms. The summed E-state index contributed by atoms with van der Waals surface area (Å²) in [6.45, 7) is 0. The molecule has 0 aromatic heterocycles. The lowest BCUT2D eigenvalue weighted by atomic mass is 10.2. The minimum Gasteiger partial charge on any atom is -0.465 e. The van der Waals surface area contributed by atoms with Gasteiger partial charge in [0.1, 0.15) is 0 Å². The normalized spacial score (nSPS) is 11.0. The summed E-state index contributed by atoms with van der Waals surface area (Å²) >= 11 is 2.11. The van der Waals surface area contributed by atoms with Gasteiger partial charge < -0.3 is 4.74 Å². The van der Waals surface area contributed by atoms with E-state index >= 15 is 0 Å². The third kappa shape index (κ3) is 3.41. The average Bonchev–Trinajstić information content (AvgIpc) is 2.54. The van der Waals surface area contributed by atoms with E-state index < -0.39 is 16.0 Å². The van der Waals surface area contributed by atoms with Crippen molar-refractivity contribution in [2.24, 2.45) is 0 Å². The predicted molar refractivity (Wildman–Crippen MR) is 92.5 cm³/mol. The van der Waals surface area contributed by atoms with Crippen LogP contribution in [0.1, 0.15) is 10.4 Å². The second-order valence-corrected chi connectivity index (χ2v) is 7.68. The van der Waals surface area contributed by atoms with Gasteiger partial charge in [0, 0.05) is 10.6 Å². The fourth-order valence-electron chi connectivity index (χ4n) is 1.83. The van der Waals surface area contributed by atoms with Gasteiger partial charge in [-0.25, -0.2) is 13.2 Å². The summed E-state index contributed by atoms with van der Waals surface area (Å²) in [4.78, 5) is 11.6. The molecule has 0 atom stereocenters. The largest absolute Gasteiger partial charge is 0.465 e. The molecule has 116 valence electrons. The van der Waals surface area contributed by atoms with E-state index in [1.807, 2.05) is 0 Å². The van der Waals surface area contributed by atoms with Gasteiger partial charge in [-0.15, -0.1) is 0 Å². The first-order valence-electron chi connectivity index (χ1n) is 6.29. The maximum atomic E-state index is 12.6. The number of hydrogen-bond donors (Lipinski definition) is 0. The Balaban J connectivity index is 2.32. The molecule has 2 aromatic rings. The molecule has 2 rings (SSSR count). The molecular weight excluding hydrogens is 417 g/mol. The Morgan fingerprint density at radius 3 is 2.09 bits per heavy atom. The third-order valence-corrected chi connectivity index (χ3v) is 5.64. The summed E-state index contributed by atoms with van der Waals surface area (Å²) in [6, 6.07) is 12.8. The number of methoxy groups -OCH3 is 1. The van der Waals surface area contributed by atoms with Crippen molar-refractivity contribution in [1.82, 2.24) is 0 Å². The first-order chi connectivity index (χ1) is 10.4. The van der Waals surface area contributed by atoms with Crippen molar-refractivity contribution < 1.29 is 17.9 Å². The van der Waals surface area contributed by atoms with Crippen LogP contribution < -0.4 is 4.31 Å². The van der Waals surface area contributed by atoms with Gasteiger partial charge in [-0.1, -0.05) is 0 Å². The smallest absolute Gasteiger partial charge is 0.337 e. The van der Waals surface area contributed by atoms with Crippen molar-refractivity contribution in [3.05, 3.63) is 57.7 Å². The van der Waals surface area contributed by atoms with Crippen molar-refractivity contribution in [2.45, 2.75) is 4.90 Å². The Hall–Kier alpha value is -1.61. The Bertz CT molecular complexity index is 770. The highest BCUT2D eigenvalue weighted by Gasteiger charge is 2.21. The van der Waals surface area contributed by atoms with Crippen molar-refractivity contribution in [2.75, 3.05) is 18.5 Å². The minimum atomic E-state index is -3.63. The van der Waals surface area contributed by atoms with E-state index in [1.54, 1.807) is 36.4 Å². The van der Waals surface area contributed by atoms with Crippen LogP contribution in [-0.2, 0) is 14.8 Å². The molecule has 0 fully saturated rings. The number of anilines is 1. The summed E-state index contributed by atoms with van der Waals surface area (Å²) in [5.74, 6) is -0.463. The number of halogens is 1. The lowest BCUT2D eigenvalue weighted by Crippen LogP contribution is -2.26. The molecule has 5 nitrogen and oxygen atoms in total. The van der Waals surface area contributed by atoms with Gasteiger partial charge in [-0.3, -0.25) is 4.31 Å². The minimum absolute atomic E-state index is 0.215. The van der Waals surface area contributed by atoms with Gasteiger partial charge in [-0.2, -0.15) is 0 Å². The van der Waals surface area contributed by atoms with E-state index in [2.05, 4.69) is 27.3 Å². The molecule has 22 heavy (non-hydrogen) atoms. The SMILES string of the molecule is COC(=O)c1ccc(N(C)S(=O)(=O)c2ccc(I)cc2)cc1. The highest BCUT2D eigenvalue weighted by Crippen LogP contribution is 2.23. The van der Waals surface area contributed by atoms with Crippen LogP contribution in [0, 0.1) is 3.57 Å². The van der Waals surface area contributed by atoms with Crippen LogP contribution in [0.5, 0.6) is 0 Å². The van der Waals surface area contributed by atoms with Crippen molar-refractivity contribution in [3.8, 4) is 0 Å². The zero-order valence-corrected chi connectivity index (χ0v) is 15.0. The Labute approximate surface area is 143 Å². The Morgan fingerprint density at radius 2 is 1.59 bits per heavy atom. The molecule has 2 aromatic carbocycles. The van der Waals surface area contributed by atoms with E-state index in [0.717, 1.165) is 3.57 Å². The molecule has 0 saturated carbocycles. The number of nitrogens with zero attached hydrogens (tertiary/aromatic N) is 1. The fraction of sp³-hybridized carbons (Fsp3) is 0.133. The van der Waals surface area contributed by atoms with Crippen molar-refractivity contribution in [1.29, 1.82) is 0 Å². The van der Waals surface area contributed by atoms with Crippen LogP contribution >= 0.6 is 22.6 Å². The van der Waals surface area contributed by atoms with Crippen LogP contribution in [0.3, 0.4) is 0 Å². The van der Waals surface area contributed by atoms with Gasteiger partial charge in [0.05, 0.1) is 23.3 Å². The third-order valence-electron chi connectivity index (χ3n) is 3.12. The van der Waals surface area contributed by atoms with Crippen LogP contribution in [0.4, 0.5) is 5.69 Å². The molecule has 0 radical (unpaired) electrons. The van der Waals surface area contributed by atoms with Gasteiger partial charge >= 0.3 is 5.97 Å².